The van der Waals surface area contributed by atoms with Crippen LogP contribution in [0.1, 0.15) is 23.1 Å². The van der Waals surface area contributed by atoms with Gasteiger partial charge in [0.2, 0.25) is 0 Å². The van der Waals surface area contributed by atoms with Crippen LogP contribution in [-0.4, -0.2) is 13.2 Å². The van der Waals surface area contributed by atoms with E-state index < -0.39 is 0 Å². The van der Waals surface area contributed by atoms with Crippen LogP contribution in [0, 0.1) is 13.8 Å². The highest BCUT2D eigenvalue weighted by molar-refractivity contribution is 5.88. The van der Waals surface area contributed by atoms with Crippen LogP contribution in [-0.2, 0) is 4.74 Å². The first-order valence-electron chi connectivity index (χ1n) is 6.59. The number of allylic oxidation sites excluding steroid dienone is 2. The summed E-state index contributed by atoms with van der Waals surface area (Å²) in [6.07, 6.45) is 9.30. The molecule has 3 rings (SSSR count). The van der Waals surface area contributed by atoms with Crippen molar-refractivity contribution in [2.75, 3.05) is 7.11 Å². The first-order chi connectivity index (χ1) is 9.20. The maximum Gasteiger partial charge on any atom is 0.137 e. The van der Waals surface area contributed by atoms with Crippen molar-refractivity contribution in [3.63, 3.8) is 0 Å². The second-order valence-corrected chi connectivity index (χ2v) is 5.10. The first kappa shape index (κ1) is 12.2. The molecule has 0 N–H and O–H groups in total. The van der Waals surface area contributed by atoms with Crippen molar-refractivity contribution in [3.05, 3.63) is 53.3 Å². The lowest BCUT2D eigenvalue weighted by molar-refractivity contribution is 0.150. The Kier molecular flexibility index (Phi) is 3.03. The highest BCUT2D eigenvalue weighted by Gasteiger charge is 2.18. The molecule has 1 aromatic heterocycles. The van der Waals surface area contributed by atoms with Gasteiger partial charge < -0.3 is 9.15 Å². The molecule has 0 saturated heterocycles. The minimum atomic E-state index is 0.147. The van der Waals surface area contributed by atoms with E-state index in [0.717, 1.165) is 12.0 Å². The topological polar surface area (TPSA) is 22.4 Å². The van der Waals surface area contributed by atoms with Gasteiger partial charge in [0.1, 0.15) is 5.58 Å². The van der Waals surface area contributed by atoms with Crippen molar-refractivity contribution in [3.8, 4) is 0 Å². The summed E-state index contributed by atoms with van der Waals surface area (Å²) in [6.45, 7) is 4.17. The Morgan fingerprint density at radius 1 is 1.21 bits per heavy atom. The van der Waals surface area contributed by atoms with Crippen molar-refractivity contribution in [2.45, 2.75) is 26.4 Å². The molecule has 1 aromatic carbocycles. The van der Waals surface area contributed by atoms with Crippen LogP contribution in [0.15, 0.2) is 41.0 Å². The number of methoxy groups -OCH3 is 1. The summed E-state index contributed by atoms with van der Waals surface area (Å²) in [4.78, 5) is 0. The molecule has 2 nitrogen and oxygen atoms in total. The van der Waals surface area contributed by atoms with Gasteiger partial charge in [0.15, 0.2) is 0 Å². The third-order valence-electron chi connectivity index (χ3n) is 3.78. The average molecular weight is 254 g/mol. The highest BCUT2D eigenvalue weighted by atomic mass is 16.5. The van der Waals surface area contributed by atoms with Gasteiger partial charge in [0.05, 0.1) is 12.4 Å². The number of benzene rings is 1. The summed E-state index contributed by atoms with van der Waals surface area (Å²) >= 11 is 0. The van der Waals surface area contributed by atoms with Gasteiger partial charge in [-0.1, -0.05) is 18.2 Å². The van der Waals surface area contributed by atoms with Gasteiger partial charge in [-0.25, -0.2) is 0 Å². The molecule has 19 heavy (non-hydrogen) atoms. The molecular weight excluding hydrogens is 236 g/mol. The van der Waals surface area contributed by atoms with Crippen LogP contribution in [0.25, 0.3) is 16.5 Å². The molecule has 0 spiro atoms. The number of furan rings is 1. The second-order valence-electron chi connectivity index (χ2n) is 5.10. The Morgan fingerprint density at radius 2 is 2.05 bits per heavy atom. The average Bonchev–Trinajstić information content (AvgIpc) is 2.81. The molecule has 0 saturated carbocycles. The van der Waals surface area contributed by atoms with E-state index in [2.05, 4.69) is 44.2 Å². The smallest absolute Gasteiger partial charge is 0.137 e. The van der Waals surface area contributed by atoms with Gasteiger partial charge in [-0.2, -0.15) is 0 Å². The molecular formula is C17H18O2. The number of rotatable bonds is 2. The molecule has 0 bridgehead atoms. The van der Waals surface area contributed by atoms with Crippen molar-refractivity contribution in [1.82, 2.24) is 0 Å². The molecule has 0 fully saturated rings. The summed E-state index contributed by atoms with van der Waals surface area (Å²) in [5, 5.41) is 1.19. The zero-order valence-electron chi connectivity index (χ0n) is 11.6. The fraction of sp³-hybridized carbons (Fsp3) is 0.294. The predicted molar refractivity (Wildman–Crippen MR) is 78.2 cm³/mol. The maximum absolute atomic E-state index is 5.61. The summed E-state index contributed by atoms with van der Waals surface area (Å²) in [6, 6.07) is 4.39. The van der Waals surface area contributed by atoms with E-state index in [1.807, 2.05) is 6.26 Å². The zero-order valence-corrected chi connectivity index (χ0v) is 11.6. The van der Waals surface area contributed by atoms with Gasteiger partial charge in [-0.05, 0) is 54.7 Å². The van der Waals surface area contributed by atoms with Gasteiger partial charge in [0.25, 0.3) is 0 Å². The number of ether oxygens (including phenoxy) is 1. The Labute approximate surface area is 113 Å². The molecule has 1 aliphatic rings. The molecule has 0 aliphatic heterocycles. The molecule has 1 atom stereocenters. The molecule has 1 aliphatic carbocycles. The molecule has 2 heteroatoms. The molecule has 98 valence electrons. The number of hydrogen-bond acceptors (Lipinski definition) is 2. The van der Waals surface area contributed by atoms with E-state index in [-0.39, 0.29) is 6.10 Å². The van der Waals surface area contributed by atoms with Crippen LogP contribution in [0.2, 0.25) is 0 Å². The Morgan fingerprint density at radius 3 is 2.84 bits per heavy atom. The molecule has 0 radical (unpaired) electrons. The molecule has 1 heterocycles. The lowest BCUT2D eigenvalue weighted by Crippen LogP contribution is -2.14. The Bertz CT molecular complexity index is 674. The fourth-order valence-corrected chi connectivity index (χ4v) is 2.71. The summed E-state index contributed by atoms with van der Waals surface area (Å²) < 4.78 is 11.2. The van der Waals surface area contributed by atoms with Gasteiger partial charge >= 0.3 is 0 Å². The van der Waals surface area contributed by atoms with Gasteiger partial charge in [-0.3, -0.25) is 0 Å². The second kappa shape index (κ2) is 4.71. The van der Waals surface area contributed by atoms with E-state index in [1.54, 1.807) is 7.11 Å². The summed E-state index contributed by atoms with van der Waals surface area (Å²) in [5.74, 6) is 0. The van der Waals surface area contributed by atoms with Crippen molar-refractivity contribution >= 4 is 16.5 Å². The maximum atomic E-state index is 5.61. The standard InChI is InChI=1S/C17H18O2/c1-11-8-13(9-15-12(2)10-19-17(11)15)14-6-4-5-7-16(14)18-3/h4-6,8-10,16H,7H2,1-3H3. The van der Waals surface area contributed by atoms with Gasteiger partial charge in [-0.15, -0.1) is 0 Å². The van der Waals surface area contributed by atoms with E-state index in [4.69, 9.17) is 9.15 Å². The van der Waals surface area contributed by atoms with E-state index in [9.17, 15) is 0 Å². The van der Waals surface area contributed by atoms with Crippen LogP contribution in [0.5, 0.6) is 0 Å². The first-order valence-corrected chi connectivity index (χ1v) is 6.59. The summed E-state index contributed by atoms with van der Waals surface area (Å²) in [7, 11) is 1.77. The Balaban J connectivity index is 2.17. The number of hydrogen-bond donors (Lipinski definition) is 0. The highest BCUT2D eigenvalue weighted by Crippen LogP contribution is 2.32. The Hall–Kier alpha value is -1.80. The van der Waals surface area contributed by atoms with Crippen LogP contribution < -0.4 is 0 Å². The minimum absolute atomic E-state index is 0.147. The SMILES string of the molecule is COC1CC=CC=C1c1cc(C)c2occ(C)c2c1. The number of aryl methyl sites for hydroxylation is 2. The third-order valence-corrected chi connectivity index (χ3v) is 3.78. The van der Waals surface area contributed by atoms with E-state index in [0.29, 0.717) is 0 Å². The normalized spacial score (nSPS) is 18.9. The minimum Gasteiger partial charge on any atom is -0.464 e. The third kappa shape index (κ3) is 2.02. The number of fused-ring (bicyclic) bond motifs is 1. The molecule has 1 unspecified atom stereocenters. The van der Waals surface area contributed by atoms with Gasteiger partial charge in [0, 0.05) is 12.5 Å². The zero-order chi connectivity index (χ0) is 13.4. The molecule has 0 amide bonds. The van der Waals surface area contributed by atoms with E-state index in [1.165, 1.54) is 27.6 Å². The van der Waals surface area contributed by atoms with Crippen LogP contribution >= 0.6 is 0 Å². The van der Waals surface area contributed by atoms with Crippen LogP contribution in [0.4, 0.5) is 0 Å². The monoisotopic (exact) mass is 254 g/mol. The largest absolute Gasteiger partial charge is 0.464 e. The summed E-state index contributed by atoms with van der Waals surface area (Å²) in [5.41, 5.74) is 5.82. The van der Waals surface area contributed by atoms with E-state index >= 15 is 0 Å². The predicted octanol–water partition coefficient (Wildman–Crippen LogP) is 4.41. The lowest BCUT2D eigenvalue weighted by atomic mass is 9.92. The molecule has 2 aromatic rings. The van der Waals surface area contributed by atoms with Crippen molar-refractivity contribution in [1.29, 1.82) is 0 Å². The fourth-order valence-electron chi connectivity index (χ4n) is 2.71. The van der Waals surface area contributed by atoms with Crippen LogP contribution in [0.3, 0.4) is 0 Å². The lowest BCUT2D eigenvalue weighted by Gasteiger charge is -2.20. The van der Waals surface area contributed by atoms with Crippen molar-refractivity contribution in [2.24, 2.45) is 0 Å². The quantitative estimate of drug-likeness (QED) is 0.792. The van der Waals surface area contributed by atoms with Crippen molar-refractivity contribution < 1.29 is 9.15 Å².